The van der Waals surface area contributed by atoms with E-state index in [4.69, 9.17) is 28.2 Å². The standard InChI is InChI=1S/C20H21Cl2N3S/c1-14-12-24(13-16-4-2-3-15(9-16)11-21)7-8-25(14)20-23-18-6-5-17(22)10-19(18)26-20/h2-6,9-10,14H,7-8,11-13H2,1H3. The van der Waals surface area contributed by atoms with E-state index in [1.54, 1.807) is 11.3 Å². The molecule has 0 spiro atoms. The molecule has 1 aliphatic rings. The van der Waals surface area contributed by atoms with Crippen molar-refractivity contribution in [2.75, 3.05) is 24.5 Å². The fourth-order valence-corrected chi connectivity index (χ4v) is 5.08. The molecule has 3 aromatic rings. The van der Waals surface area contributed by atoms with Gasteiger partial charge in [-0.3, -0.25) is 4.90 Å². The smallest absolute Gasteiger partial charge is 0.186 e. The van der Waals surface area contributed by atoms with Crippen LogP contribution in [0.1, 0.15) is 18.1 Å². The number of piperazine rings is 1. The molecule has 136 valence electrons. The lowest BCUT2D eigenvalue weighted by atomic mass is 10.1. The van der Waals surface area contributed by atoms with Crippen molar-refractivity contribution in [2.45, 2.75) is 25.4 Å². The summed E-state index contributed by atoms with van der Waals surface area (Å²) in [6.45, 7) is 6.30. The van der Waals surface area contributed by atoms with Crippen molar-refractivity contribution < 1.29 is 0 Å². The molecule has 0 saturated carbocycles. The lowest BCUT2D eigenvalue weighted by Gasteiger charge is -2.39. The average molecular weight is 406 g/mol. The molecule has 1 aromatic heterocycles. The highest BCUT2D eigenvalue weighted by molar-refractivity contribution is 7.22. The van der Waals surface area contributed by atoms with E-state index in [-0.39, 0.29) is 0 Å². The van der Waals surface area contributed by atoms with Crippen molar-refractivity contribution in [3.63, 3.8) is 0 Å². The topological polar surface area (TPSA) is 19.4 Å². The lowest BCUT2D eigenvalue weighted by Crippen LogP contribution is -2.51. The Morgan fingerprint density at radius 1 is 1.15 bits per heavy atom. The minimum absolute atomic E-state index is 0.427. The summed E-state index contributed by atoms with van der Waals surface area (Å²) < 4.78 is 1.15. The molecule has 2 aromatic carbocycles. The van der Waals surface area contributed by atoms with Crippen LogP contribution in [0.25, 0.3) is 10.2 Å². The van der Waals surface area contributed by atoms with E-state index in [9.17, 15) is 0 Å². The van der Waals surface area contributed by atoms with Crippen LogP contribution in [0.15, 0.2) is 42.5 Å². The Kier molecular flexibility index (Phi) is 5.37. The summed E-state index contributed by atoms with van der Waals surface area (Å²) in [5, 5.41) is 1.86. The van der Waals surface area contributed by atoms with Crippen LogP contribution in [0.2, 0.25) is 5.02 Å². The second-order valence-corrected chi connectivity index (χ2v) is 8.55. The average Bonchev–Trinajstić information content (AvgIpc) is 3.04. The first-order valence-corrected chi connectivity index (χ1v) is 10.5. The third-order valence-electron chi connectivity index (χ3n) is 4.85. The quantitative estimate of drug-likeness (QED) is 0.541. The van der Waals surface area contributed by atoms with Gasteiger partial charge in [-0.25, -0.2) is 4.98 Å². The van der Waals surface area contributed by atoms with Gasteiger partial charge in [0.1, 0.15) is 0 Å². The van der Waals surface area contributed by atoms with Crippen molar-refractivity contribution >= 4 is 49.9 Å². The number of thiazole rings is 1. The number of anilines is 1. The third-order valence-corrected chi connectivity index (χ3v) is 6.45. The maximum absolute atomic E-state index is 6.11. The largest absolute Gasteiger partial charge is 0.343 e. The molecule has 0 aliphatic carbocycles. The van der Waals surface area contributed by atoms with E-state index in [2.05, 4.69) is 41.0 Å². The van der Waals surface area contributed by atoms with Crippen LogP contribution >= 0.6 is 34.5 Å². The van der Waals surface area contributed by atoms with Gasteiger partial charge in [-0.05, 0) is 36.2 Å². The summed E-state index contributed by atoms with van der Waals surface area (Å²) in [7, 11) is 0. The minimum Gasteiger partial charge on any atom is -0.343 e. The van der Waals surface area contributed by atoms with Gasteiger partial charge in [-0.15, -0.1) is 11.6 Å². The number of alkyl halides is 1. The Balaban J connectivity index is 1.45. The zero-order valence-electron chi connectivity index (χ0n) is 14.7. The molecular weight excluding hydrogens is 385 g/mol. The first-order chi connectivity index (χ1) is 12.6. The predicted molar refractivity (Wildman–Crippen MR) is 113 cm³/mol. The highest BCUT2D eigenvalue weighted by atomic mass is 35.5. The summed E-state index contributed by atoms with van der Waals surface area (Å²) in [6.07, 6.45) is 0. The molecule has 1 saturated heterocycles. The first-order valence-electron chi connectivity index (χ1n) is 8.81. The normalized spacial score (nSPS) is 18.6. The van der Waals surface area contributed by atoms with Gasteiger partial charge < -0.3 is 4.90 Å². The number of nitrogens with zero attached hydrogens (tertiary/aromatic N) is 3. The summed E-state index contributed by atoms with van der Waals surface area (Å²) in [4.78, 5) is 9.75. The Morgan fingerprint density at radius 2 is 2.00 bits per heavy atom. The molecule has 0 N–H and O–H groups in total. The maximum Gasteiger partial charge on any atom is 0.186 e. The number of fused-ring (bicyclic) bond motifs is 1. The summed E-state index contributed by atoms with van der Waals surface area (Å²) in [5.74, 6) is 0.569. The number of hydrogen-bond donors (Lipinski definition) is 0. The highest BCUT2D eigenvalue weighted by Gasteiger charge is 2.26. The zero-order chi connectivity index (χ0) is 18.1. The van der Waals surface area contributed by atoms with Crippen LogP contribution in [0, 0.1) is 0 Å². The molecule has 4 rings (SSSR count). The van der Waals surface area contributed by atoms with Crippen LogP contribution in [-0.4, -0.2) is 35.6 Å². The van der Waals surface area contributed by atoms with E-state index >= 15 is 0 Å². The number of benzene rings is 2. The monoisotopic (exact) mass is 405 g/mol. The summed E-state index contributed by atoms with van der Waals surface area (Å²) in [5.41, 5.74) is 3.55. The molecule has 0 amide bonds. The highest BCUT2D eigenvalue weighted by Crippen LogP contribution is 2.32. The molecule has 2 heterocycles. The van der Waals surface area contributed by atoms with Gasteiger partial charge in [0.15, 0.2) is 5.13 Å². The van der Waals surface area contributed by atoms with Crippen LogP contribution in [0.5, 0.6) is 0 Å². The Hall–Kier alpha value is -1.33. The summed E-state index contributed by atoms with van der Waals surface area (Å²) >= 11 is 13.8. The molecule has 1 aliphatic heterocycles. The van der Waals surface area contributed by atoms with Gasteiger partial charge in [0.2, 0.25) is 0 Å². The van der Waals surface area contributed by atoms with E-state index in [1.807, 2.05) is 18.2 Å². The molecule has 1 atom stereocenters. The number of hydrogen-bond acceptors (Lipinski definition) is 4. The van der Waals surface area contributed by atoms with Crippen LogP contribution in [-0.2, 0) is 12.4 Å². The molecule has 1 unspecified atom stereocenters. The SMILES string of the molecule is CC1CN(Cc2cccc(CCl)c2)CCN1c1nc2ccc(Cl)cc2s1. The van der Waals surface area contributed by atoms with Crippen LogP contribution in [0.3, 0.4) is 0 Å². The van der Waals surface area contributed by atoms with Crippen molar-refractivity contribution in [3.8, 4) is 0 Å². The second-order valence-electron chi connectivity index (χ2n) is 6.84. The number of halogens is 2. The Bertz CT molecular complexity index is 911. The predicted octanol–water partition coefficient (Wildman–Crippen LogP) is 5.40. The van der Waals surface area contributed by atoms with Gasteiger partial charge in [-0.1, -0.05) is 47.2 Å². The van der Waals surface area contributed by atoms with Crippen molar-refractivity contribution in [1.29, 1.82) is 0 Å². The van der Waals surface area contributed by atoms with Crippen LogP contribution in [0.4, 0.5) is 5.13 Å². The van der Waals surface area contributed by atoms with E-state index in [1.165, 1.54) is 11.1 Å². The van der Waals surface area contributed by atoms with E-state index in [0.717, 1.165) is 46.5 Å². The molecule has 0 bridgehead atoms. The lowest BCUT2D eigenvalue weighted by molar-refractivity contribution is 0.221. The van der Waals surface area contributed by atoms with Crippen molar-refractivity contribution in [3.05, 3.63) is 58.6 Å². The van der Waals surface area contributed by atoms with Gasteiger partial charge in [0, 0.05) is 43.1 Å². The molecule has 26 heavy (non-hydrogen) atoms. The van der Waals surface area contributed by atoms with E-state index in [0.29, 0.717) is 11.9 Å². The Morgan fingerprint density at radius 3 is 2.81 bits per heavy atom. The molecule has 1 fully saturated rings. The minimum atomic E-state index is 0.427. The fraction of sp³-hybridized carbons (Fsp3) is 0.350. The van der Waals surface area contributed by atoms with E-state index < -0.39 is 0 Å². The van der Waals surface area contributed by atoms with Gasteiger partial charge in [-0.2, -0.15) is 0 Å². The fourth-order valence-electron chi connectivity index (χ4n) is 3.54. The van der Waals surface area contributed by atoms with Crippen LogP contribution < -0.4 is 4.90 Å². The first kappa shape index (κ1) is 18.1. The van der Waals surface area contributed by atoms with Crippen molar-refractivity contribution in [2.24, 2.45) is 0 Å². The molecule has 6 heteroatoms. The number of rotatable bonds is 4. The maximum atomic E-state index is 6.11. The molecule has 3 nitrogen and oxygen atoms in total. The molecule has 0 radical (unpaired) electrons. The second kappa shape index (κ2) is 7.73. The number of aromatic nitrogens is 1. The molecular formula is C20H21Cl2N3S. The zero-order valence-corrected chi connectivity index (χ0v) is 17.0. The third kappa shape index (κ3) is 3.84. The van der Waals surface area contributed by atoms with Crippen molar-refractivity contribution in [1.82, 2.24) is 9.88 Å². The van der Waals surface area contributed by atoms with Gasteiger partial charge in [0.05, 0.1) is 10.2 Å². The van der Waals surface area contributed by atoms with Gasteiger partial charge in [0.25, 0.3) is 0 Å². The summed E-state index contributed by atoms with van der Waals surface area (Å²) in [6, 6.07) is 14.9. The Labute approximate surface area is 168 Å². The van der Waals surface area contributed by atoms with Gasteiger partial charge >= 0.3 is 0 Å².